The Morgan fingerprint density at radius 2 is 1.90 bits per heavy atom. The zero-order valence-electron chi connectivity index (χ0n) is 18.4. The number of nitrogens with zero attached hydrogens (tertiary/aromatic N) is 3. The number of hydrogen-bond donors (Lipinski definition) is 3. The van der Waals surface area contributed by atoms with Crippen molar-refractivity contribution in [2.24, 2.45) is 5.73 Å². The maximum Gasteiger partial charge on any atom is 0.303 e. The summed E-state index contributed by atoms with van der Waals surface area (Å²) in [5, 5.41) is 5.51. The Kier molecular flexibility index (Phi) is 7.45. The summed E-state index contributed by atoms with van der Waals surface area (Å²) >= 11 is 0. The van der Waals surface area contributed by atoms with Gasteiger partial charge in [0.15, 0.2) is 5.75 Å². The monoisotopic (exact) mass is 438 g/mol. The molecule has 1 unspecified atom stereocenters. The van der Waals surface area contributed by atoms with Gasteiger partial charge < -0.3 is 25.8 Å². The second-order valence-corrected chi connectivity index (χ2v) is 7.82. The van der Waals surface area contributed by atoms with Gasteiger partial charge in [-0.2, -0.15) is 8.78 Å². The lowest BCUT2D eigenvalue weighted by Crippen LogP contribution is -2.40. The molecule has 0 aromatic carbocycles. The van der Waals surface area contributed by atoms with Crippen LogP contribution in [0.4, 0.5) is 26.1 Å². The van der Waals surface area contributed by atoms with E-state index < -0.39 is 17.5 Å². The zero-order chi connectivity index (χ0) is 23.4. The molecule has 9 nitrogen and oxygen atoms in total. The van der Waals surface area contributed by atoms with Crippen LogP contribution >= 0.6 is 0 Å². The Morgan fingerprint density at radius 3 is 2.48 bits per heavy atom. The number of hydrogen-bond acceptors (Lipinski definition) is 8. The Morgan fingerprint density at radius 1 is 1.23 bits per heavy atom. The van der Waals surface area contributed by atoms with Crippen molar-refractivity contribution in [3.63, 3.8) is 0 Å². The summed E-state index contributed by atoms with van der Waals surface area (Å²) < 4.78 is 38.9. The molecular formula is C20H28F2N6O3. The van der Waals surface area contributed by atoms with Crippen molar-refractivity contribution in [2.45, 2.75) is 59.3 Å². The summed E-state index contributed by atoms with van der Waals surface area (Å²) in [6, 6.07) is 3.02. The molecule has 0 fully saturated rings. The van der Waals surface area contributed by atoms with Gasteiger partial charge in [-0.05, 0) is 27.7 Å². The summed E-state index contributed by atoms with van der Waals surface area (Å²) in [4.78, 5) is 23.2. The van der Waals surface area contributed by atoms with E-state index in [4.69, 9.17) is 15.2 Å². The third kappa shape index (κ3) is 8.02. The largest absolute Gasteiger partial charge is 0.487 e. The second-order valence-electron chi connectivity index (χ2n) is 7.82. The number of alkyl halides is 2. The van der Waals surface area contributed by atoms with Crippen molar-refractivity contribution in [3.8, 4) is 5.75 Å². The zero-order valence-corrected chi connectivity index (χ0v) is 18.4. The number of rotatable bonds is 9. The number of ether oxygens (including phenoxy) is 2. The first-order valence-electron chi connectivity index (χ1n) is 9.61. The lowest BCUT2D eigenvalue weighted by atomic mass is 10.3. The summed E-state index contributed by atoms with van der Waals surface area (Å²) in [5.74, 6) is -3.43. The first kappa shape index (κ1) is 24.4. The van der Waals surface area contributed by atoms with Gasteiger partial charge in [0, 0.05) is 31.7 Å². The van der Waals surface area contributed by atoms with Gasteiger partial charge in [-0.25, -0.2) is 15.0 Å². The van der Waals surface area contributed by atoms with Crippen LogP contribution in [0.2, 0.25) is 0 Å². The molecule has 0 saturated carbocycles. The fourth-order valence-corrected chi connectivity index (χ4v) is 2.63. The normalized spacial score (nSPS) is 12.9. The van der Waals surface area contributed by atoms with E-state index in [-0.39, 0.29) is 30.3 Å². The number of pyridine rings is 1. The van der Waals surface area contributed by atoms with Crippen LogP contribution in [0, 0.1) is 6.92 Å². The predicted molar refractivity (Wildman–Crippen MR) is 112 cm³/mol. The molecular weight excluding hydrogens is 410 g/mol. The fourth-order valence-electron chi connectivity index (χ4n) is 2.63. The minimum Gasteiger partial charge on any atom is -0.487 e. The SMILES string of the molecule is CC(=O)Nc1cc(Nc2cc(C)nc(C(C)(F)F)n2)c(OCC(C)OC(C)(C)N)cn1. The highest BCUT2D eigenvalue weighted by atomic mass is 19.3. The molecule has 2 heterocycles. The minimum atomic E-state index is -3.21. The highest BCUT2D eigenvalue weighted by Crippen LogP contribution is 2.31. The van der Waals surface area contributed by atoms with Crippen molar-refractivity contribution < 1.29 is 23.0 Å². The Balaban J connectivity index is 2.32. The lowest BCUT2D eigenvalue weighted by Gasteiger charge is -2.25. The van der Waals surface area contributed by atoms with Gasteiger partial charge in [-0.3, -0.25) is 4.79 Å². The molecule has 2 aromatic rings. The van der Waals surface area contributed by atoms with Crippen molar-refractivity contribution in [1.82, 2.24) is 15.0 Å². The molecule has 0 radical (unpaired) electrons. The molecule has 11 heteroatoms. The van der Waals surface area contributed by atoms with Crippen LogP contribution < -0.4 is 21.1 Å². The number of halogens is 2. The molecule has 0 aliphatic carbocycles. The van der Waals surface area contributed by atoms with Crippen LogP contribution in [-0.4, -0.2) is 39.3 Å². The maximum absolute atomic E-state index is 13.7. The van der Waals surface area contributed by atoms with E-state index in [0.717, 1.165) is 6.92 Å². The number of anilines is 3. The standard InChI is InChI=1S/C20H28F2N6O3/c1-11-7-17(28-18(25-11)20(6,21)22)27-14-8-16(26-13(3)29)24-9-15(14)30-10-12(2)31-19(4,5)23/h7-9,12H,10,23H2,1-6H3,(H2,24,25,26,27,28,29). The molecule has 31 heavy (non-hydrogen) atoms. The van der Waals surface area contributed by atoms with Crippen LogP contribution in [-0.2, 0) is 15.5 Å². The molecule has 0 aliphatic rings. The van der Waals surface area contributed by atoms with Crippen molar-refractivity contribution >= 4 is 23.2 Å². The molecule has 0 bridgehead atoms. The quantitative estimate of drug-likeness (QED) is 0.509. The minimum absolute atomic E-state index is 0.140. The van der Waals surface area contributed by atoms with Gasteiger partial charge in [0.2, 0.25) is 11.7 Å². The van der Waals surface area contributed by atoms with Gasteiger partial charge in [0.1, 0.15) is 24.0 Å². The van der Waals surface area contributed by atoms with Crippen LogP contribution in [0.1, 0.15) is 46.1 Å². The maximum atomic E-state index is 13.7. The van der Waals surface area contributed by atoms with Gasteiger partial charge in [0.25, 0.3) is 0 Å². The average molecular weight is 438 g/mol. The van der Waals surface area contributed by atoms with E-state index in [0.29, 0.717) is 17.1 Å². The summed E-state index contributed by atoms with van der Waals surface area (Å²) in [7, 11) is 0. The van der Waals surface area contributed by atoms with Crippen molar-refractivity contribution in [3.05, 3.63) is 29.8 Å². The summed E-state index contributed by atoms with van der Waals surface area (Å²) in [5.41, 5.74) is 5.74. The third-order valence-electron chi connectivity index (χ3n) is 3.66. The molecule has 0 aliphatic heterocycles. The third-order valence-corrected chi connectivity index (χ3v) is 3.66. The Labute approximate surface area is 179 Å². The van der Waals surface area contributed by atoms with Crippen LogP contribution in [0.3, 0.4) is 0 Å². The molecule has 0 spiro atoms. The molecule has 2 rings (SSSR count). The number of amides is 1. The molecule has 2 aromatic heterocycles. The average Bonchev–Trinajstić information content (AvgIpc) is 2.57. The number of carbonyl (C=O) groups is 1. The van der Waals surface area contributed by atoms with Gasteiger partial charge >= 0.3 is 5.92 Å². The Bertz CT molecular complexity index is 928. The van der Waals surface area contributed by atoms with Crippen molar-refractivity contribution in [2.75, 3.05) is 17.2 Å². The number of nitrogens with two attached hydrogens (primary N) is 1. The highest BCUT2D eigenvalue weighted by Gasteiger charge is 2.29. The topological polar surface area (TPSA) is 124 Å². The number of aryl methyl sites for hydroxylation is 1. The van der Waals surface area contributed by atoms with E-state index >= 15 is 0 Å². The number of carbonyl (C=O) groups excluding carboxylic acids is 1. The van der Waals surface area contributed by atoms with Crippen LogP contribution in [0.5, 0.6) is 5.75 Å². The smallest absolute Gasteiger partial charge is 0.303 e. The highest BCUT2D eigenvalue weighted by molar-refractivity contribution is 5.88. The lowest BCUT2D eigenvalue weighted by molar-refractivity contribution is -0.114. The summed E-state index contributed by atoms with van der Waals surface area (Å²) in [6.45, 7) is 9.04. The van der Waals surface area contributed by atoms with Gasteiger partial charge in [-0.1, -0.05) is 0 Å². The van der Waals surface area contributed by atoms with E-state index in [9.17, 15) is 13.6 Å². The first-order chi connectivity index (χ1) is 14.2. The number of nitrogens with one attached hydrogen (secondary N) is 2. The molecule has 170 valence electrons. The fraction of sp³-hybridized carbons (Fsp3) is 0.500. The second kappa shape index (κ2) is 9.48. The van der Waals surface area contributed by atoms with Crippen molar-refractivity contribution in [1.29, 1.82) is 0 Å². The molecule has 1 atom stereocenters. The molecule has 0 saturated heterocycles. The van der Waals surface area contributed by atoms with E-state index in [1.54, 1.807) is 27.7 Å². The Hall–Kier alpha value is -2.92. The van der Waals surface area contributed by atoms with Gasteiger partial charge in [0.05, 0.1) is 18.0 Å². The van der Waals surface area contributed by atoms with E-state index in [1.165, 1.54) is 25.3 Å². The number of aromatic nitrogens is 3. The predicted octanol–water partition coefficient (Wildman–Crippen LogP) is 3.47. The van der Waals surface area contributed by atoms with Crippen LogP contribution in [0.25, 0.3) is 0 Å². The van der Waals surface area contributed by atoms with Gasteiger partial charge in [-0.15, -0.1) is 0 Å². The molecule has 4 N–H and O–H groups in total. The first-order valence-corrected chi connectivity index (χ1v) is 9.61. The van der Waals surface area contributed by atoms with E-state index in [1.807, 2.05) is 0 Å². The molecule has 1 amide bonds. The summed E-state index contributed by atoms with van der Waals surface area (Å²) in [6.07, 6.45) is 1.06. The van der Waals surface area contributed by atoms with Crippen LogP contribution in [0.15, 0.2) is 18.3 Å². The van der Waals surface area contributed by atoms with E-state index in [2.05, 4.69) is 25.6 Å².